The Hall–Kier alpha value is -4.07. The van der Waals surface area contributed by atoms with Crippen LogP contribution in [0.15, 0.2) is 30.3 Å². The van der Waals surface area contributed by atoms with Crippen LogP contribution in [0, 0.1) is 5.82 Å². The van der Waals surface area contributed by atoms with Crippen LogP contribution >= 0.6 is 0 Å². The molecule has 0 saturated carbocycles. The highest BCUT2D eigenvalue weighted by Gasteiger charge is 2.50. The minimum Gasteiger partial charge on any atom is -0.508 e. The maximum atomic E-state index is 15.1. The lowest BCUT2D eigenvalue weighted by Crippen LogP contribution is -2.51. The predicted molar refractivity (Wildman–Crippen MR) is 182 cm³/mol. The quantitative estimate of drug-likeness (QED) is 0.271. The van der Waals surface area contributed by atoms with Crippen LogP contribution in [0.2, 0.25) is 0 Å². The number of halogens is 1. The largest absolute Gasteiger partial charge is 0.508 e. The summed E-state index contributed by atoms with van der Waals surface area (Å²) in [6.07, 6.45) is 6.45. The average molecular weight is 661 g/mol. The summed E-state index contributed by atoms with van der Waals surface area (Å²) in [5.74, 6) is 1.15. The maximum absolute atomic E-state index is 15.1. The molecule has 4 fully saturated rings. The molecule has 5 aliphatic heterocycles. The Morgan fingerprint density at radius 2 is 1.94 bits per heavy atom. The maximum Gasteiger partial charge on any atom is 0.409 e. The van der Waals surface area contributed by atoms with Crippen molar-refractivity contribution in [3.8, 4) is 11.6 Å². The van der Waals surface area contributed by atoms with Crippen molar-refractivity contribution in [1.82, 2.24) is 25.6 Å². The topological polar surface area (TPSA) is 118 Å². The van der Waals surface area contributed by atoms with Crippen LogP contribution in [0.25, 0.3) is 10.8 Å². The van der Waals surface area contributed by atoms with Gasteiger partial charge in [0, 0.05) is 62.8 Å². The Bertz CT molecular complexity index is 1730. The number of hydrazine groups is 2. The molecular weight excluding hydrogens is 615 g/mol. The fourth-order valence-corrected chi connectivity index (χ4v) is 8.72. The van der Waals surface area contributed by atoms with Gasteiger partial charge in [0.25, 0.3) is 0 Å². The highest BCUT2D eigenvalue weighted by molar-refractivity contribution is 6.02. The molecule has 4 saturated heterocycles. The van der Waals surface area contributed by atoms with E-state index in [4.69, 9.17) is 14.5 Å². The molecular formula is C35H45FN8O4. The Morgan fingerprint density at radius 3 is 2.71 bits per heavy atom. The molecule has 1 aromatic heterocycles. The summed E-state index contributed by atoms with van der Waals surface area (Å²) in [7, 11) is 3.40. The number of nitrogens with zero attached hydrogens (tertiary/aromatic N) is 5. The molecule has 13 heteroatoms. The zero-order valence-corrected chi connectivity index (χ0v) is 27.9. The summed E-state index contributed by atoms with van der Waals surface area (Å²) in [6.45, 7) is 5.41. The normalized spacial score (nSPS) is 26.1. The fraction of sp³-hybridized carbons (Fsp3) is 0.543. The summed E-state index contributed by atoms with van der Waals surface area (Å²) < 4.78 is 27.4. The highest BCUT2D eigenvalue weighted by Crippen LogP contribution is 2.48. The number of anilines is 4. The van der Waals surface area contributed by atoms with Gasteiger partial charge in [-0.15, -0.1) is 5.53 Å². The number of aromatic nitrogens is 1. The summed E-state index contributed by atoms with van der Waals surface area (Å²) in [6, 6.07) is 9.44. The van der Waals surface area contributed by atoms with Gasteiger partial charge in [0.1, 0.15) is 30.5 Å². The van der Waals surface area contributed by atoms with E-state index in [0.29, 0.717) is 48.8 Å². The number of piperazine rings is 1. The number of aryl methyl sites for hydroxylation is 1. The molecule has 1 amide bonds. The lowest BCUT2D eigenvalue weighted by molar-refractivity contribution is 0.0494. The van der Waals surface area contributed by atoms with Crippen LogP contribution in [0.3, 0.4) is 0 Å². The van der Waals surface area contributed by atoms with E-state index in [9.17, 15) is 9.90 Å². The summed E-state index contributed by atoms with van der Waals surface area (Å²) in [5, 5.41) is 17.9. The second-order valence-corrected chi connectivity index (χ2v) is 14.2. The third kappa shape index (κ3) is 5.32. The van der Waals surface area contributed by atoms with E-state index in [0.717, 1.165) is 86.1 Å². The molecule has 2 aromatic carbocycles. The van der Waals surface area contributed by atoms with Crippen molar-refractivity contribution in [3.63, 3.8) is 0 Å². The zero-order valence-electron chi connectivity index (χ0n) is 27.9. The van der Waals surface area contributed by atoms with Gasteiger partial charge in [-0.1, -0.05) is 13.0 Å². The Kier molecular flexibility index (Phi) is 7.88. The first-order chi connectivity index (χ1) is 23.2. The molecule has 6 heterocycles. The average Bonchev–Trinajstić information content (AvgIpc) is 3.85. The molecule has 4 N–H and O–H groups in total. The Balaban J connectivity index is 1.14. The fourth-order valence-electron chi connectivity index (χ4n) is 8.72. The van der Waals surface area contributed by atoms with Gasteiger partial charge in [0.2, 0.25) is 5.88 Å². The molecule has 5 aliphatic rings. The number of fused-ring (bicyclic) bond motifs is 5. The lowest BCUT2D eigenvalue weighted by atomic mass is 9.95. The number of phenolic OH excluding ortho intramolecular Hbond substituents is 1. The van der Waals surface area contributed by atoms with E-state index in [2.05, 4.69) is 26.1 Å². The number of rotatable bonds is 8. The molecule has 3 aromatic rings. The molecule has 0 aliphatic carbocycles. The van der Waals surface area contributed by atoms with E-state index in [1.165, 1.54) is 11.0 Å². The first-order valence-electron chi connectivity index (χ1n) is 17.3. The number of amides is 1. The molecule has 0 radical (unpaired) electrons. The molecule has 2 bridgehead atoms. The van der Waals surface area contributed by atoms with Crippen molar-refractivity contribution in [1.29, 1.82) is 0 Å². The summed E-state index contributed by atoms with van der Waals surface area (Å²) in [4.78, 5) is 23.6. The number of carbonyl (C=O) groups is 1. The SMILES string of the molecule is CCc1c(F)ccc2cc(O)cc(N3NNc4c3cc(OC[C@]35CCCN3[C@@H](COC(=O)N(C)C)CC5)nc4N3CC4CCC(C3)N4)c12. The molecule has 2 unspecified atom stereocenters. The van der Waals surface area contributed by atoms with Crippen LogP contribution in [0.4, 0.5) is 32.1 Å². The number of aromatic hydroxyl groups is 1. The predicted octanol–water partition coefficient (Wildman–Crippen LogP) is 4.64. The molecule has 8 rings (SSSR count). The zero-order chi connectivity index (χ0) is 33.2. The van der Waals surface area contributed by atoms with Gasteiger partial charge >= 0.3 is 6.09 Å². The molecule has 256 valence electrons. The lowest BCUT2D eigenvalue weighted by Gasteiger charge is -2.36. The number of hydrogen-bond acceptors (Lipinski definition) is 11. The van der Waals surface area contributed by atoms with Gasteiger partial charge in [-0.05, 0) is 74.6 Å². The first-order valence-corrected chi connectivity index (χ1v) is 17.3. The van der Waals surface area contributed by atoms with Crippen molar-refractivity contribution in [2.75, 3.05) is 62.3 Å². The van der Waals surface area contributed by atoms with Crippen molar-refractivity contribution in [2.24, 2.45) is 0 Å². The number of benzene rings is 2. The van der Waals surface area contributed by atoms with Crippen LogP contribution < -0.4 is 30.9 Å². The third-order valence-electron chi connectivity index (χ3n) is 11.0. The number of hydrogen-bond donors (Lipinski definition) is 4. The van der Waals surface area contributed by atoms with Gasteiger partial charge in [-0.3, -0.25) is 15.3 Å². The molecule has 48 heavy (non-hydrogen) atoms. The van der Waals surface area contributed by atoms with Crippen LogP contribution in [-0.2, 0) is 11.2 Å². The van der Waals surface area contributed by atoms with E-state index in [1.54, 1.807) is 32.3 Å². The number of phenols is 1. The first kappa shape index (κ1) is 31.2. The van der Waals surface area contributed by atoms with Crippen LogP contribution in [0.5, 0.6) is 11.6 Å². The van der Waals surface area contributed by atoms with Gasteiger partial charge in [-0.2, -0.15) is 4.98 Å². The van der Waals surface area contributed by atoms with Gasteiger partial charge in [0.05, 0.1) is 16.9 Å². The number of ether oxygens (including phenoxy) is 2. The second-order valence-electron chi connectivity index (χ2n) is 14.2. The van der Waals surface area contributed by atoms with Crippen molar-refractivity contribution in [2.45, 2.75) is 75.5 Å². The van der Waals surface area contributed by atoms with E-state index < -0.39 is 0 Å². The highest BCUT2D eigenvalue weighted by atomic mass is 19.1. The van der Waals surface area contributed by atoms with E-state index in [-0.39, 0.29) is 29.2 Å². The van der Waals surface area contributed by atoms with Gasteiger partial charge in [-0.25, -0.2) is 9.18 Å². The Labute approximate surface area is 280 Å². The van der Waals surface area contributed by atoms with E-state index in [1.807, 2.05) is 18.0 Å². The summed E-state index contributed by atoms with van der Waals surface area (Å²) in [5.41, 5.74) is 9.37. The second kappa shape index (κ2) is 12.1. The van der Waals surface area contributed by atoms with Crippen LogP contribution in [0.1, 0.15) is 51.0 Å². The molecule has 12 nitrogen and oxygen atoms in total. The number of carbonyl (C=O) groups excluding carboxylic acids is 1. The van der Waals surface area contributed by atoms with E-state index >= 15 is 4.39 Å². The standard InChI is InChI=1S/C35H45FN8O4/c1-4-26-27(36)9-6-21-14-25(45)15-28(31(21)26)44-29-16-30(38-33(32(29)39-40-44)42-17-22-7-8-23(18-42)37-22)48-20-35-11-5-13-43(35)24(10-12-35)19-47-34(46)41(2)3/h6,9,14-16,22-24,37,39-40,45H,4-5,7-8,10-13,17-20H2,1-3H3/t22?,23?,24-,35-/m1/s1. The molecule has 4 atom stereocenters. The van der Waals surface area contributed by atoms with Crippen molar-refractivity contribution >= 4 is 39.7 Å². The Morgan fingerprint density at radius 1 is 1.12 bits per heavy atom. The monoisotopic (exact) mass is 660 g/mol. The minimum absolute atomic E-state index is 0.0957. The van der Waals surface area contributed by atoms with Crippen LogP contribution in [-0.4, -0.2) is 96.6 Å². The van der Waals surface area contributed by atoms with Gasteiger partial charge < -0.3 is 29.7 Å². The third-order valence-corrected chi connectivity index (χ3v) is 11.0. The minimum atomic E-state index is -0.320. The smallest absolute Gasteiger partial charge is 0.409 e. The van der Waals surface area contributed by atoms with Crippen molar-refractivity contribution in [3.05, 3.63) is 41.7 Å². The summed E-state index contributed by atoms with van der Waals surface area (Å²) >= 11 is 0. The van der Waals surface area contributed by atoms with Gasteiger partial charge in [0.15, 0.2) is 5.82 Å². The van der Waals surface area contributed by atoms with Crippen molar-refractivity contribution < 1.29 is 23.8 Å². The number of pyridine rings is 1. The number of nitrogens with one attached hydrogen (secondary N) is 3. The molecule has 0 spiro atoms.